The molecule has 0 spiro atoms. The quantitative estimate of drug-likeness (QED) is 0.676. The molecule has 0 unspecified atom stereocenters. The average molecular weight is 274 g/mol. The normalized spacial score (nSPS) is 11.1. The Morgan fingerprint density at radius 1 is 1.50 bits per heavy atom. The molecule has 0 amide bonds. The summed E-state index contributed by atoms with van der Waals surface area (Å²) in [5, 5.41) is 17.4. The number of hydrogen-bond acceptors (Lipinski definition) is 6. The summed E-state index contributed by atoms with van der Waals surface area (Å²) in [5.41, 5.74) is 0. The van der Waals surface area contributed by atoms with Gasteiger partial charge in [-0.15, -0.1) is 10.2 Å². The van der Waals surface area contributed by atoms with Crippen LogP contribution in [0.1, 0.15) is 5.82 Å². The summed E-state index contributed by atoms with van der Waals surface area (Å²) in [5.74, 6) is -0.0759. The summed E-state index contributed by atoms with van der Waals surface area (Å²) in [7, 11) is 5.51. The minimum Gasteiger partial charge on any atom is -0.481 e. The molecule has 0 aliphatic rings. The first kappa shape index (κ1) is 14.9. The fraction of sp³-hybridized carbons (Fsp3) is 0.700. The number of aliphatic carboxylic acids is 1. The number of rotatable bonds is 8. The summed E-state index contributed by atoms with van der Waals surface area (Å²) in [6.07, 6.45) is 0. The van der Waals surface area contributed by atoms with Crippen molar-refractivity contribution in [1.29, 1.82) is 0 Å². The van der Waals surface area contributed by atoms with Crippen LogP contribution in [0, 0.1) is 0 Å². The first-order valence-electron chi connectivity index (χ1n) is 5.45. The molecule has 1 rings (SSSR count). The van der Waals surface area contributed by atoms with Gasteiger partial charge in [0.25, 0.3) is 0 Å². The number of hydrogen-bond donors (Lipinski definition) is 1. The second kappa shape index (κ2) is 7.34. The molecule has 0 aromatic carbocycles. The number of aromatic nitrogens is 3. The molecular formula is C10H18N4O3S. The maximum atomic E-state index is 10.6. The van der Waals surface area contributed by atoms with Crippen molar-refractivity contribution in [3.8, 4) is 0 Å². The molecule has 1 heterocycles. The van der Waals surface area contributed by atoms with Crippen LogP contribution in [0.25, 0.3) is 0 Å². The number of thioether (sulfide) groups is 1. The van der Waals surface area contributed by atoms with Crippen molar-refractivity contribution >= 4 is 17.7 Å². The molecule has 0 fully saturated rings. The SMILES string of the molecule is COCCn1c(CN(C)C)nnc1SCC(=O)O. The predicted molar refractivity (Wildman–Crippen MR) is 67.6 cm³/mol. The van der Waals surface area contributed by atoms with E-state index in [4.69, 9.17) is 9.84 Å². The maximum Gasteiger partial charge on any atom is 0.313 e. The number of carboxylic acids is 1. The smallest absolute Gasteiger partial charge is 0.313 e. The van der Waals surface area contributed by atoms with Crippen LogP contribution in [0.2, 0.25) is 0 Å². The van der Waals surface area contributed by atoms with Crippen molar-refractivity contribution in [2.45, 2.75) is 18.2 Å². The summed E-state index contributed by atoms with van der Waals surface area (Å²) in [4.78, 5) is 12.6. The first-order chi connectivity index (χ1) is 8.54. The molecule has 1 aromatic rings. The van der Waals surface area contributed by atoms with Crippen LogP contribution in [-0.4, -0.2) is 64.3 Å². The van der Waals surface area contributed by atoms with Crippen LogP contribution < -0.4 is 0 Å². The van der Waals surface area contributed by atoms with Crippen molar-refractivity contribution in [2.75, 3.05) is 33.6 Å². The molecule has 0 aliphatic carbocycles. The Hall–Kier alpha value is -1.12. The monoisotopic (exact) mass is 274 g/mol. The Morgan fingerprint density at radius 2 is 2.22 bits per heavy atom. The number of carbonyl (C=O) groups is 1. The molecule has 8 heteroatoms. The first-order valence-corrected chi connectivity index (χ1v) is 6.43. The van der Waals surface area contributed by atoms with Gasteiger partial charge in [0.05, 0.1) is 18.9 Å². The molecule has 1 N–H and O–H groups in total. The lowest BCUT2D eigenvalue weighted by Crippen LogP contribution is -2.17. The van der Waals surface area contributed by atoms with Crippen LogP contribution in [0.3, 0.4) is 0 Å². The highest BCUT2D eigenvalue weighted by molar-refractivity contribution is 7.99. The molecule has 0 saturated carbocycles. The largest absolute Gasteiger partial charge is 0.481 e. The Balaban J connectivity index is 2.80. The number of methoxy groups -OCH3 is 1. The van der Waals surface area contributed by atoms with E-state index >= 15 is 0 Å². The lowest BCUT2D eigenvalue weighted by Gasteiger charge is -2.12. The van der Waals surface area contributed by atoms with Gasteiger partial charge in [-0.1, -0.05) is 11.8 Å². The minimum atomic E-state index is -0.865. The molecule has 102 valence electrons. The van der Waals surface area contributed by atoms with E-state index in [1.165, 1.54) is 11.8 Å². The zero-order valence-corrected chi connectivity index (χ0v) is 11.6. The van der Waals surface area contributed by atoms with E-state index in [1.54, 1.807) is 7.11 Å². The molecule has 18 heavy (non-hydrogen) atoms. The summed E-state index contributed by atoms with van der Waals surface area (Å²) >= 11 is 1.17. The van der Waals surface area contributed by atoms with Crippen molar-refractivity contribution in [1.82, 2.24) is 19.7 Å². The van der Waals surface area contributed by atoms with Crippen LogP contribution >= 0.6 is 11.8 Å². The van der Waals surface area contributed by atoms with Crippen LogP contribution in [0.4, 0.5) is 0 Å². The fourth-order valence-electron chi connectivity index (χ4n) is 1.36. The zero-order chi connectivity index (χ0) is 13.5. The van der Waals surface area contributed by atoms with Crippen molar-refractivity contribution < 1.29 is 14.6 Å². The zero-order valence-electron chi connectivity index (χ0n) is 10.8. The van der Waals surface area contributed by atoms with Gasteiger partial charge in [0.15, 0.2) is 5.16 Å². The Labute approximate surface area is 110 Å². The highest BCUT2D eigenvalue weighted by Crippen LogP contribution is 2.17. The summed E-state index contributed by atoms with van der Waals surface area (Å²) < 4.78 is 6.94. The van der Waals surface area contributed by atoms with E-state index in [2.05, 4.69) is 10.2 Å². The molecule has 7 nitrogen and oxygen atoms in total. The molecule has 0 aliphatic heterocycles. The van der Waals surface area contributed by atoms with Crippen molar-refractivity contribution in [3.05, 3.63) is 5.82 Å². The van der Waals surface area contributed by atoms with E-state index in [9.17, 15) is 4.79 Å². The Morgan fingerprint density at radius 3 is 2.78 bits per heavy atom. The summed E-state index contributed by atoms with van der Waals surface area (Å²) in [6.45, 7) is 1.82. The van der Waals surface area contributed by atoms with Crippen LogP contribution in [0.15, 0.2) is 5.16 Å². The molecule has 0 bridgehead atoms. The third-order valence-corrected chi connectivity index (χ3v) is 3.05. The lowest BCUT2D eigenvalue weighted by molar-refractivity contribution is -0.133. The Bertz CT molecular complexity index is 394. The molecule has 0 saturated heterocycles. The molecule has 0 atom stereocenters. The number of nitrogens with zero attached hydrogens (tertiary/aromatic N) is 4. The van der Waals surface area contributed by atoms with Gasteiger partial charge in [0.2, 0.25) is 0 Å². The van der Waals surface area contributed by atoms with E-state index < -0.39 is 5.97 Å². The van der Waals surface area contributed by atoms with Crippen LogP contribution in [-0.2, 0) is 22.6 Å². The van der Waals surface area contributed by atoms with E-state index in [0.29, 0.717) is 24.9 Å². The van der Waals surface area contributed by atoms with Crippen molar-refractivity contribution in [3.63, 3.8) is 0 Å². The lowest BCUT2D eigenvalue weighted by atomic mass is 10.5. The second-order valence-corrected chi connectivity index (χ2v) is 4.91. The van der Waals surface area contributed by atoms with E-state index in [1.807, 2.05) is 23.6 Å². The predicted octanol–water partition coefficient (Wildman–Crippen LogP) is 0.163. The highest BCUT2D eigenvalue weighted by Gasteiger charge is 2.14. The van der Waals surface area contributed by atoms with Gasteiger partial charge in [-0.3, -0.25) is 4.79 Å². The molecular weight excluding hydrogens is 256 g/mol. The van der Waals surface area contributed by atoms with Gasteiger partial charge >= 0.3 is 5.97 Å². The Kier molecular flexibility index (Phi) is 6.10. The van der Waals surface area contributed by atoms with E-state index in [0.717, 1.165) is 5.82 Å². The van der Waals surface area contributed by atoms with Gasteiger partial charge in [0.1, 0.15) is 5.82 Å². The third-order valence-electron chi connectivity index (χ3n) is 2.09. The van der Waals surface area contributed by atoms with E-state index in [-0.39, 0.29) is 5.75 Å². The standard InChI is InChI=1S/C10H18N4O3S/c1-13(2)6-8-11-12-10(18-7-9(15)16)14(8)4-5-17-3/h4-7H2,1-3H3,(H,15,16). The number of carboxylic acid groups (broad SMARTS) is 1. The second-order valence-electron chi connectivity index (χ2n) is 3.96. The van der Waals surface area contributed by atoms with Gasteiger partial charge in [0, 0.05) is 13.7 Å². The molecule has 1 aromatic heterocycles. The highest BCUT2D eigenvalue weighted by atomic mass is 32.2. The molecule has 0 radical (unpaired) electrons. The van der Waals surface area contributed by atoms with Gasteiger partial charge < -0.3 is 19.3 Å². The average Bonchev–Trinajstić information content (AvgIpc) is 2.65. The maximum absolute atomic E-state index is 10.6. The fourth-order valence-corrected chi connectivity index (χ4v) is 2.06. The minimum absolute atomic E-state index is 0.0208. The topological polar surface area (TPSA) is 80.5 Å². The third kappa shape index (κ3) is 4.63. The van der Waals surface area contributed by atoms with Gasteiger partial charge in [-0.2, -0.15) is 0 Å². The number of ether oxygens (including phenoxy) is 1. The van der Waals surface area contributed by atoms with Crippen molar-refractivity contribution in [2.24, 2.45) is 0 Å². The van der Waals surface area contributed by atoms with Gasteiger partial charge in [-0.25, -0.2) is 0 Å². The van der Waals surface area contributed by atoms with Crippen LogP contribution in [0.5, 0.6) is 0 Å². The van der Waals surface area contributed by atoms with Gasteiger partial charge in [-0.05, 0) is 14.1 Å². The summed E-state index contributed by atoms with van der Waals surface area (Å²) in [6, 6.07) is 0.